The monoisotopic (exact) mass is 313 g/mol. The van der Waals surface area contributed by atoms with Crippen molar-refractivity contribution in [3.63, 3.8) is 0 Å². The number of aryl methyl sites for hydroxylation is 1. The Bertz CT molecular complexity index is 640. The predicted octanol–water partition coefficient (Wildman–Crippen LogP) is 3.51. The van der Waals surface area contributed by atoms with E-state index in [9.17, 15) is 4.79 Å². The van der Waals surface area contributed by atoms with Gasteiger partial charge in [-0.1, -0.05) is 30.3 Å². The SMILES string of the molecule is COc1ccc(OC)c([C@H](C)NC(=O)CCc2ccccc2)c1. The highest BCUT2D eigenvalue weighted by Gasteiger charge is 2.15. The van der Waals surface area contributed by atoms with Gasteiger partial charge in [0.2, 0.25) is 5.91 Å². The van der Waals surface area contributed by atoms with Gasteiger partial charge in [-0.3, -0.25) is 4.79 Å². The van der Waals surface area contributed by atoms with Crippen LogP contribution in [0.3, 0.4) is 0 Å². The summed E-state index contributed by atoms with van der Waals surface area (Å²) in [6.45, 7) is 1.94. The van der Waals surface area contributed by atoms with Crippen molar-refractivity contribution in [1.29, 1.82) is 0 Å². The number of ether oxygens (including phenoxy) is 2. The van der Waals surface area contributed by atoms with Crippen LogP contribution in [0.2, 0.25) is 0 Å². The molecule has 4 nitrogen and oxygen atoms in total. The first-order chi connectivity index (χ1) is 11.1. The summed E-state index contributed by atoms with van der Waals surface area (Å²) in [5.41, 5.74) is 2.06. The van der Waals surface area contributed by atoms with Crippen LogP contribution in [0.5, 0.6) is 11.5 Å². The molecule has 0 saturated heterocycles. The number of benzene rings is 2. The van der Waals surface area contributed by atoms with E-state index in [1.165, 1.54) is 0 Å². The van der Waals surface area contributed by atoms with Crippen LogP contribution < -0.4 is 14.8 Å². The lowest BCUT2D eigenvalue weighted by Gasteiger charge is -2.18. The first-order valence-electron chi connectivity index (χ1n) is 7.69. The van der Waals surface area contributed by atoms with Crippen LogP contribution in [0.1, 0.15) is 30.5 Å². The quantitative estimate of drug-likeness (QED) is 0.851. The molecule has 0 unspecified atom stereocenters. The number of nitrogens with one attached hydrogen (secondary N) is 1. The van der Waals surface area contributed by atoms with Crippen LogP contribution in [-0.4, -0.2) is 20.1 Å². The van der Waals surface area contributed by atoms with Crippen LogP contribution in [0, 0.1) is 0 Å². The molecule has 4 heteroatoms. The Labute approximate surface area is 137 Å². The Balaban J connectivity index is 1.98. The molecule has 1 N–H and O–H groups in total. The number of methoxy groups -OCH3 is 2. The van der Waals surface area contributed by atoms with Crippen LogP contribution in [0.4, 0.5) is 0 Å². The van der Waals surface area contributed by atoms with E-state index in [-0.39, 0.29) is 11.9 Å². The van der Waals surface area contributed by atoms with Gasteiger partial charge < -0.3 is 14.8 Å². The zero-order valence-electron chi connectivity index (χ0n) is 13.8. The Morgan fingerprint density at radius 1 is 1.09 bits per heavy atom. The molecule has 0 saturated carbocycles. The first kappa shape index (κ1) is 16.9. The number of carbonyl (C=O) groups excluding carboxylic acids is 1. The van der Waals surface area contributed by atoms with E-state index in [1.807, 2.05) is 55.5 Å². The second-order valence-electron chi connectivity index (χ2n) is 5.38. The van der Waals surface area contributed by atoms with E-state index in [0.717, 1.165) is 29.0 Å². The van der Waals surface area contributed by atoms with Gasteiger partial charge in [-0.25, -0.2) is 0 Å². The third kappa shape index (κ3) is 4.74. The third-order valence-corrected chi connectivity index (χ3v) is 3.76. The molecule has 0 radical (unpaired) electrons. The summed E-state index contributed by atoms with van der Waals surface area (Å²) >= 11 is 0. The van der Waals surface area contributed by atoms with Crippen molar-refractivity contribution in [3.05, 3.63) is 59.7 Å². The molecule has 1 atom stereocenters. The molecule has 0 heterocycles. The summed E-state index contributed by atoms with van der Waals surface area (Å²) in [6, 6.07) is 15.4. The van der Waals surface area contributed by atoms with Crippen LogP contribution in [-0.2, 0) is 11.2 Å². The average Bonchev–Trinajstić information content (AvgIpc) is 2.60. The standard InChI is InChI=1S/C19H23NO3/c1-14(17-13-16(22-2)10-11-18(17)23-3)20-19(21)12-9-15-7-5-4-6-8-15/h4-8,10-11,13-14H,9,12H2,1-3H3,(H,20,21)/t14-/m0/s1. The fourth-order valence-corrected chi connectivity index (χ4v) is 2.47. The molecule has 2 aromatic rings. The molecule has 0 aromatic heterocycles. The molecule has 2 rings (SSSR count). The molecule has 1 amide bonds. The summed E-state index contributed by atoms with van der Waals surface area (Å²) < 4.78 is 10.6. The fraction of sp³-hybridized carbons (Fsp3) is 0.316. The van der Waals surface area contributed by atoms with E-state index < -0.39 is 0 Å². The fourth-order valence-electron chi connectivity index (χ4n) is 2.47. The Morgan fingerprint density at radius 3 is 2.48 bits per heavy atom. The Hall–Kier alpha value is -2.49. The van der Waals surface area contributed by atoms with Gasteiger partial charge in [-0.15, -0.1) is 0 Å². The normalized spacial score (nSPS) is 11.6. The lowest BCUT2D eigenvalue weighted by Crippen LogP contribution is -2.27. The minimum atomic E-state index is -0.150. The Morgan fingerprint density at radius 2 is 1.83 bits per heavy atom. The number of rotatable bonds is 7. The number of carbonyl (C=O) groups is 1. The van der Waals surface area contributed by atoms with Gasteiger partial charge in [0.05, 0.1) is 20.3 Å². The molecule has 0 aliphatic heterocycles. The summed E-state index contributed by atoms with van der Waals surface area (Å²) in [5, 5.41) is 3.02. The lowest BCUT2D eigenvalue weighted by atomic mass is 10.1. The van der Waals surface area contributed by atoms with Crippen molar-refractivity contribution in [3.8, 4) is 11.5 Å². The van der Waals surface area contributed by atoms with Crippen molar-refractivity contribution in [1.82, 2.24) is 5.32 Å². The topological polar surface area (TPSA) is 47.6 Å². The van der Waals surface area contributed by atoms with Gasteiger partial charge in [-0.2, -0.15) is 0 Å². The molecule has 0 fully saturated rings. The second-order valence-corrected chi connectivity index (χ2v) is 5.38. The molecular formula is C19H23NO3. The average molecular weight is 313 g/mol. The molecule has 0 aliphatic carbocycles. The minimum absolute atomic E-state index is 0.0197. The maximum atomic E-state index is 12.2. The highest BCUT2D eigenvalue weighted by atomic mass is 16.5. The first-order valence-corrected chi connectivity index (χ1v) is 7.69. The molecule has 0 aliphatic rings. The highest BCUT2D eigenvalue weighted by Crippen LogP contribution is 2.29. The van der Waals surface area contributed by atoms with Crippen molar-refractivity contribution in [2.45, 2.75) is 25.8 Å². The van der Waals surface area contributed by atoms with Gasteiger partial charge in [0.25, 0.3) is 0 Å². The van der Waals surface area contributed by atoms with Crippen LogP contribution >= 0.6 is 0 Å². The molecule has 23 heavy (non-hydrogen) atoms. The minimum Gasteiger partial charge on any atom is -0.497 e. The van der Waals surface area contributed by atoms with Crippen LogP contribution in [0.15, 0.2) is 48.5 Å². The number of hydrogen-bond donors (Lipinski definition) is 1. The second kappa shape index (κ2) is 8.22. The summed E-state index contributed by atoms with van der Waals surface area (Å²) in [7, 11) is 3.24. The molecule has 2 aromatic carbocycles. The van der Waals surface area contributed by atoms with Gasteiger partial charge in [0.1, 0.15) is 11.5 Å². The van der Waals surface area contributed by atoms with Gasteiger partial charge in [0.15, 0.2) is 0 Å². The zero-order chi connectivity index (χ0) is 16.7. The van der Waals surface area contributed by atoms with Gasteiger partial charge in [-0.05, 0) is 37.1 Å². The van der Waals surface area contributed by atoms with E-state index in [1.54, 1.807) is 14.2 Å². The molecule has 0 spiro atoms. The van der Waals surface area contributed by atoms with Gasteiger partial charge in [0, 0.05) is 12.0 Å². The maximum absolute atomic E-state index is 12.2. The van der Waals surface area contributed by atoms with Crippen molar-refractivity contribution < 1.29 is 14.3 Å². The van der Waals surface area contributed by atoms with Crippen LogP contribution in [0.25, 0.3) is 0 Å². The summed E-state index contributed by atoms with van der Waals surface area (Å²) in [4.78, 5) is 12.2. The van der Waals surface area contributed by atoms with E-state index in [2.05, 4.69) is 5.32 Å². The summed E-state index contributed by atoms with van der Waals surface area (Å²) in [6.07, 6.45) is 1.19. The van der Waals surface area contributed by atoms with Crippen molar-refractivity contribution in [2.75, 3.05) is 14.2 Å². The van der Waals surface area contributed by atoms with Gasteiger partial charge >= 0.3 is 0 Å². The van der Waals surface area contributed by atoms with Crippen molar-refractivity contribution >= 4 is 5.91 Å². The van der Waals surface area contributed by atoms with E-state index in [0.29, 0.717) is 6.42 Å². The largest absolute Gasteiger partial charge is 0.497 e. The van der Waals surface area contributed by atoms with E-state index >= 15 is 0 Å². The van der Waals surface area contributed by atoms with E-state index in [4.69, 9.17) is 9.47 Å². The smallest absolute Gasteiger partial charge is 0.220 e. The Kier molecular flexibility index (Phi) is 6.03. The maximum Gasteiger partial charge on any atom is 0.220 e. The number of amides is 1. The highest BCUT2D eigenvalue weighted by molar-refractivity contribution is 5.76. The zero-order valence-corrected chi connectivity index (χ0v) is 13.8. The third-order valence-electron chi connectivity index (χ3n) is 3.76. The van der Waals surface area contributed by atoms with Crippen molar-refractivity contribution in [2.24, 2.45) is 0 Å². The molecular weight excluding hydrogens is 290 g/mol. The molecule has 122 valence electrons. The molecule has 0 bridgehead atoms. The number of hydrogen-bond acceptors (Lipinski definition) is 3. The lowest BCUT2D eigenvalue weighted by molar-refractivity contribution is -0.121. The summed E-state index contributed by atoms with van der Waals surface area (Å²) in [5.74, 6) is 1.50. The predicted molar refractivity (Wildman–Crippen MR) is 90.9 cm³/mol.